The number of hydrogen-bond donors (Lipinski definition) is 0. The lowest BCUT2D eigenvalue weighted by molar-refractivity contribution is 0.152. The Bertz CT molecular complexity index is 256. The molecule has 0 spiro atoms. The number of unbranched alkanes of at least 4 members (excludes halogenated alkanes) is 17. The maximum absolute atomic E-state index is 10.3. The van der Waals surface area contributed by atoms with Crippen molar-refractivity contribution >= 4 is 6.09 Å². The number of ether oxygens (including phenoxy) is 1. The van der Waals surface area contributed by atoms with Gasteiger partial charge in [-0.25, -0.2) is 10.5 Å². The van der Waals surface area contributed by atoms with Crippen LogP contribution in [0, 0.1) is 0 Å². The zero-order valence-electron chi connectivity index (χ0n) is 16.3. The maximum atomic E-state index is 10.3. The van der Waals surface area contributed by atoms with E-state index in [0.29, 0.717) is 6.61 Å². The molecule has 0 aliphatic heterocycles. The number of hydrogen-bond acceptors (Lipinski definition) is 2. The quantitative estimate of drug-likeness (QED) is 0.229. The smallest absolute Gasteiger partial charge is 0.426 e. The largest absolute Gasteiger partial charge is 0.448 e. The fraction of sp³-hybridized carbons (Fsp3) is 0.952. The van der Waals surface area contributed by atoms with Gasteiger partial charge >= 0.3 is 6.09 Å². The molecule has 0 bridgehead atoms. The van der Waals surface area contributed by atoms with E-state index >= 15 is 0 Å². The molecule has 24 heavy (non-hydrogen) atoms. The first kappa shape index (κ1) is 23.3. The van der Waals surface area contributed by atoms with Gasteiger partial charge in [-0.1, -0.05) is 116 Å². The predicted molar refractivity (Wildman–Crippen MR) is 103 cm³/mol. The van der Waals surface area contributed by atoms with E-state index in [2.05, 4.69) is 11.7 Å². The van der Waals surface area contributed by atoms with E-state index < -0.39 is 6.09 Å². The molecule has 0 saturated heterocycles. The van der Waals surface area contributed by atoms with Gasteiger partial charge in [-0.2, -0.15) is 0 Å². The normalized spacial score (nSPS) is 10.9. The van der Waals surface area contributed by atoms with Crippen molar-refractivity contribution < 1.29 is 9.53 Å². The molecule has 0 aliphatic rings. The highest BCUT2D eigenvalue weighted by Gasteiger charge is 1.96. The summed E-state index contributed by atoms with van der Waals surface area (Å²) in [6, 6.07) is 0. The number of carbonyl (C=O) groups is 1. The third-order valence-electron chi connectivity index (χ3n) is 4.73. The Labute approximate surface area is 151 Å². The van der Waals surface area contributed by atoms with Crippen LogP contribution >= 0.6 is 0 Å². The molecule has 0 aromatic heterocycles. The minimum absolute atomic E-state index is 0.418. The Kier molecular flexibility index (Phi) is 19.7. The van der Waals surface area contributed by atoms with Crippen LogP contribution in [0.1, 0.15) is 122 Å². The predicted octanol–water partition coefficient (Wildman–Crippen LogP) is 7.45. The minimum atomic E-state index is -0.901. The van der Waals surface area contributed by atoms with Crippen LogP contribution in [0.15, 0.2) is 0 Å². The number of carbonyl (C=O) groups excluding carboxylic acids is 1. The molecule has 0 aliphatic carbocycles. The lowest BCUT2D eigenvalue weighted by atomic mass is 10.0. The van der Waals surface area contributed by atoms with Crippen molar-refractivity contribution in [1.29, 1.82) is 0 Å². The molecule has 0 unspecified atom stereocenters. The Morgan fingerprint density at radius 2 is 0.875 bits per heavy atom. The van der Waals surface area contributed by atoms with Crippen molar-refractivity contribution in [2.24, 2.45) is 0 Å². The summed E-state index contributed by atoms with van der Waals surface area (Å²) in [5.41, 5.74) is 6.62. The molecule has 0 fully saturated rings. The summed E-state index contributed by atoms with van der Waals surface area (Å²) in [7, 11) is 0. The summed E-state index contributed by atoms with van der Waals surface area (Å²) in [5.74, 6) is 0. The van der Waals surface area contributed by atoms with Gasteiger partial charge in [-0.15, -0.1) is 0 Å². The van der Waals surface area contributed by atoms with Gasteiger partial charge in [-0.3, -0.25) is 0 Å². The van der Waals surface area contributed by atoms with Crippen molar-refractivity contribution in [2.45, 2.75) is 122 Å². The van der Waals surface area contributed by atoms with Gasteiger partial charge in [0.25, 0.3) is 0 Å². The summed E-state index contributed by atoms with van der Waals surface area (Å²) in [6.45, 7) is 2.70. The topological polar surface area (TPSA) is 50.1 Å². The summed E-state index contributed by atoms with van der Waals surface area (Å²) in [4.78, 5) is 10.3. The number of rotatable bonds is 19. The van der Waals surface area contributed by atoms with Gasteiger partial charge in [0.2, 0.25) is 0 Å². The second kappa shape index (κ2) is 20.3. The van der Waals surface area contributed by atoms with Crippen LogP contribution < -0.4 is 5.73 Å². The molecule has 0 aromatic carbocycles. The molecular weight excluding hydrogens is 298 g/mol. The first-order valence-corrected chi connectivity index (χ1v) is 10.7. The van der Waals surface area contributed by atoms with Gasteiger partial charge < -0.3 is 4.74 Å². The molecule has 1 radical (unpaired) electrons. The first-order chi connectivity index (χ1) is 11.8. The molecule has 0 rings (SSSR count). The van der Waals surface area contributed by atoms with Gasteiger partial charge in [0.05, 0.1) is 6.61 Å². The number of amides is 1. The van der Waals surface area contributed by atoms with Gasteiger partial charge in [0, 0.05) is 0 Å². The Morgan fingerprint density at radius 1 is 0.583 bits per heavy atom. The van der Waals surface area contributed by atoms with E-state index in [4.69, 9.17) is 5.73 Å². The molecule has 0 atom stereocenters. The fourth-order valence-electron chi connectivity index (χ4n) is 3.17. The molecule has 1 N–H and O–H groups in total. The van der Waals surface area contributed by atoms with Crippen LogP contribution in [-0.4, -0.2) is 12.7 Å². The minimum Gasteiger partial charge on any atom is -0.448 e. The van der Waals surface area contributed by atoms with Crippen LogP contribution in [0.2, 0.25) is 0 Å². The van der Waals surface area contributed by atoms with Crippen molar-refractivity contribution in [3.8, 4) is 0 Å². The molecule has 1 amide bonds. The first-order valence-electron chi connectivity index (χ1n) is 10.7. The van der Waals surface area contributed by atoms with Crippen LogP contribution in [0.5, 0.6) is 0 Å². The highest BCUT2D eigenvalue weighted by molar-refractivity contribution is 5.63. The zero-order chi connectivity index (χ0) is 17.7. The lowest BCUT2D eigenvalue weighted by Crippen LogP contribution is -2.03. The maximum Gasteiger partial charge on any atom is 0.426 e. The summed E-state index contributed by atoms with van der Waals surface area (Å²) < 4.78 is 4.60. The van der Waals surface area contributed by atoms with E-state index in [1.54, 1.807) is 0 Å². The third kappa shape index (κ3) is 21.3. The molecule has 0 aromatic rings. The summed E-state index contributed by atoms with van der Waals surface area (Å²) >= 11 is 0. The third-order valence-corrected chi connectivity index (χ3v) is 4.73. The van der Waals surface area contributed by atoms with E-state index in [9.17, 15) is 4.79 Å². The molecule has 143 valence electrons. The SMILES string of the molecule is CCCCCCCCCCCCCCCCCCCCOC([NH])=O. The highest BCUT2D eigenvalue weighted by Crippen LogP contribution is 2.14. The van der Waals surface area contributed by atoms with Crippen molar-refractivity contribution in [3.63, 3.8) is 0 Å². The van der Waals surface area contributed by atoms with Crippen LogP contribution in [0.3, 0.4) is 0 Å². The average molecular weight is 341 g/mol. The molecule has 0 heterocycles. The molecule has 0 saturated carbocycles. The summed E-state index contributed by atoms with van der Waals surface area (Å²) in [6.07, 6.45) is 23.5. The van der Waals surface area contributed by atoms with Crippen molar-refractivity contribution in [2.75, 3.05) is 6.61 Å². The van der Waals surface area contributed by atoms with Crippen LogP contribution in [0.4, 0.5) is 4.79 Å². The van der Waals surface area contributed by atoms with E-state index in [0.717, 1.165) is 12.8 Å². The van der Waals surface area contributed by atoms with Crippen molar-refractivity contribution in [1.82, 2.24) is 5.73 Å². The molecular formula is C21H42NO2. The standard InChI is InChI=1S/C21H42NO2/c1-2-3-4-5-6-7-8-9-10-11-12-13-14-15-16-17-18-19-20-24-21(22)23/h22H,2-20H2,1H3. The highest BCUT2D eigenvalue weighted by atomic mass is 16.5. The van der Waals surface area contributed by atoms with Gasteiger partial charge in [0.15, 0.2) is 0 Å². The zero-order valence-corrected chi connectivity index (χ0v) is 16.3. The molecule has 3 heteroatoms. The monoisotopic (exact) mass is 340 g/mol. The van der Waals surface area contributed by atoms with Crippen LogP contribution in [0.25, 0.3) is 0 Å². The van der Waals surface area contributed by atoms with Gasteiger partial charge in [0.1, 0.15) is 0 Å². The summed E-state index contributed by atoms with van der Waals surface area (Å²) in [5, 5.41) is 0. The second-order valence-corrected chi connectivity index (χ2v) is 7.15. The van der Waals surface area contributed by atoms with E-state index in [-0.39, 0.29) is 0 Å². The Morgan fingerprint density at radius 3 is 1.17 bits per heavy atom. The average Bonchev–Trinajstić information content (AvgIpc) is 2.56. The second-order valence-electron chi connectivity index (χ2n) is 7.15. The number of nitrogens with one attached hydrogen (secondary N) is 1. The van der Waals surface area contributed by atoms with E-state index in [1.807, 2.05) is 0 Å². The van der Waals surface area contributed by atoms with Crippen molar-refractivity contribution in [3.05, 3.63) is 0 Å². The van der Waals surface area contributed by atoms with E-state index in [1.165, 1.54) is 103 Å². The van der Waals surface area contributed by atoms with Crippen LogP contribution in [-0.2, 0) is 4.74 Å². The van der Waals surface area contributed by atoms with Gasteiger partial charge in [-0.05, 0) is 6.42 Å². The fourth-order valence-corrected chi connectivity index (χ4v) is 3.17. The Hall–Kier alpha value is -0.730. The Balaban J connectivity index is 2.97. The lowest BCUT2D eigenvalue weighted by Gasteiger charge is -2.04. The molecule has 3 nitrogen and oxygen atoms in total.